The lowest BCUT2D eigenvalue weighted by Crippen LogP contribution is -2.63. The van der Waals surface area contributed by atoms with Crippen LogP contribution in [0, 0.1) is 18.7 Å². The van der Waals surface area contributed by atoms with Gasteiger partial charge >= 0.3 is 12.4 Å². The normalized spacial score (nSPS) is 21.4. The molecule has 41 heavy (non-hydrogen) atoms. The first kappa shape index (κ1) is 30.8. The maximum Gasteiger partial charge on any atom is 0.416 e. The molecule has 0 aromatic heterocycles. The van der Waals surface area contributed by atoms with Gasteiger partial charge in [-0.1, -0.05) is 6.07 Å². The lowest BCUT2D eigenvalue weighted by Gasteiger charge is -2.49. The third-order valence-electron chi connectivity index (χ3n) is 8.44. The van der Waals surface area contributed by atoms with E-state index in [4.69, 9.17) is 0 Å². The van der Waals surface area contributed by atoms with Crippen LogP contribution in [0.15, 0.2) is 36.4 Å². The minimum Gasteiger partial charge on any atom is -0.340 e. The van der Waals surface area contributed by atoms with Gasteiger partial charge in [0.25, 0.3) is 0 Å². The number of likely N-dealkylation sites (tertiary alicyclic amines) is 2. The van der Waals surface area contributed by atoms with E-state index in [0.29, 0.717) is 50.3 Å². The predicted molar refractivity (Wildman–Crippen MR) is 137 cm³/mol. The second kappa shape index (κ2) is 11.3. The highest BCUT2D eigenvalue weighted by molar-refractivity contribution is 5.80. The number of nitrogens with zero attached hydrogens (tertiary/aromatic N) is 3. The highest BCUT2D eigenvalue weighted by atomic mass is 19.4. The second-order valence-electron chi connectivity index (χ2n) is 11.0. The zero-order valence-electron chi connectivity index (χ0n) is 23.1. The van der Waals surface area contributed by atoms with Gasteiger partial charge in [0.1, 0.15) is 5.82 Å². The average Bonchev–Trinajstić information content (AvgIpc) is 2.85. The summed E-state index contributed by atoms with van der Waals surface area (Å²) < 4.78 is 94.7. The van der Waals surface area contributed by atoms with Crippen molar-refractivity contribution in [3.05, 3.63) is 70.0 Å². The fraction of sp³-hybridized carbons (Fsp3) is 0.517. The molecule has 12 heteroatoms. The molecular weight excluding hydrogens is 555 g/mol. The maximum atomic E-state index is 13.9. The maximum absolute atomic E-state index is 13.9. The number of piperidine rings is 1. The zero-order valence-corrected chi connectivity index (χ0v) is 23.1. The third kappa shape index (κ3) is 6.52. The van der Waals surface area contributed by atoms with E-state index in [2.05, 4.69) is 4.90 Å². The fourth-order valence-corrected chi connectivity index (χ4v) is 5.81. The van der Waals surface area contributed by atoms with E-state index in [1.807, 2.05) is 0 Å². The van der Waals surface area contributed by atoms with Crippen LogP contribution in [0.5, 0.6) is 0 Å². The molecule has 5 nitrogen and oxygen atoms in total. The summed E-state index contributed by atoms with van der Waals surface area (Å²) >= 11 is 0. The van der Waals surface area contributed by atoms with Crippen LogP contribution in [0.3, 0.4) is 0 Å². The Morgan fingerprint density at radius 1 is 0.951 bits per heavy atom. The van der Waals surface area contributed by atoms with Crippen molar-refractivity contribution in [2.45, 2.75) is 57.5 Å². The van der Waals surface area contributed by atoms with Crippen LogP contribution >= 0.6 is 0 Å². The lowest BCUT2D eigenvalue weighted by atomic mass is 9.77. The highest BCUT2D eigenvalue weighted by Gasteiger charge is 2.43. The van der Waals surface area contributed by atoms with Gasteiger partial charge in [-0.3, -0.25) is 14.5 Å². The van der Waals surface area contributed by atoms with Crippen molar-refractivity contribution >= 4 is 11.8 Å². The second-order valence-corrected chi connectivity index (χ2v) is 11.0. The molecule has 2 heterocycles. The largest absolute Gasteiger partial charge is 0.416 e. The fourth-order valence-electron chi connectivity index (χ4n) is 5.81. The zero-order chi connectivity index (χ0) is 30.4. The van der Waals surface area contributed by atoms with Gasteiger partial charge in [0.15, 0.2) is 0 Å². The number of hydrogen-bond acceptors (Lipinski definition) is 3. The molecule has 0 aliphatic carbocycles. The molecule has 3 atom stereocenters. The average molecular weight is 588 g/mol. The Hall–Kier alpha value is -3.15. The summed E-state index contributed by atoms with van der Waals surface area (Å²) in [6.45, 7) is 6.68. The number of carbonyl (C=O) groups is 2. The molecule has 2 fully saturated rings. The van der Waals surface area contributed by atoms with Crippen molar-refractivity contribution in [2.75, 3.05) is 33.2 Å². The minimum atomic E-state index is -5.00. The van der Waals surface area contributed by atoms with Gasteiger partial charge in [-0.15, -0.1) is 0 Å². The van der Waals surface area contributed by atoms with Gasteiger partial charge < -0.3 is 9.80 Å². The van der Waals surface area contributed by atoms with E-state index in [1.54, 1.807) is 17.9 Å². The summed E-state index contributed by atoms with van der Waals surface area (Å²) in [7, 11) is 1.37. The van der Waals surface area contributed by atoms with Crippen LogP contribution in [0.25, 0.3) is 0 Å². The Balaban J connectivity index is 1.63. The smallest absolute Gasteiger partial charge is 0.340 e. The van der Waals surface area contributed by atoms with Gasteiger partial charge in [0.2, 0.25) is 11.8 Å². The summed E-state index contributed by atoms with van der Waals surface area (Å²) in [6.07, 6.45) is -9.63. The number of amides is 2. The molecule has 0 saturated carbocycles. The molecule has 2 saturated heterocycles. The molecule has 2 aromatic rings. The molecule has 0 N–H and O–H groups in total. The van der Waals surface area contributed by atoms with Crippen LogP contribution in [-0.2, 0) is 21.9 Å². The van der Waals surface area contributed by atoms with E-state index in [-0.39, 0.29) is 23.6 Å². The Morgan fingerprint density at radius 3 is 2.05 bits per heavy atom. The van der Waals surface area contributed by atoms with Gasteiger partial charge in [-0.2, -0.15) is 26.3 Å². The summed E-state index contributed by atoms with van der Waals surface area (Å²) in [5, 5.41) is 0. The van der Waals surface area contributed by atoms with E-state index in [1.165, 1.54) is 37.9 Å². The number of carbonyl (C=O) groups excluding carboxylic acids is 2. The van der Waals surface area contributed by atoms with Crippen LogP contribution in [-0.4, -0.2) is 65.8 Å². The van der Waals surface area contributed by atoms with Crippen molar-refractivity contribution in [3.63, 3.8) is 0 Å². The topological polar surface area (TPSA) is 43.9 Å². The van der Waals surface area contributed by atoms with E-state index in [0.717, 1.165) is 5.56 Å². The summed E-state index contributed by atoms with van der Waals surface area (Å²) in [5.74, 6) is -1.93. The van der Waals surface area contributed by atoms with E-state index < -0.39 is 53.1 Å². The number of rotatable bonds is 5. The quantitative estimate of drug-likeness (QED) is 0.402. The minimum absolute atomic E-state index is 0.0314. The molecule has 2 aliphatic rings. The third-order valence-corrected chi connectivity index (χ3v) is 8.44. The molecule has 2 amide bonds. The number of alkyl halides is 6. The molecular formula is C29H32F7N3O2. The molecule has 0 unspecified atom stereocenters. The van der Waals surface area contributed by atoms with Crippen molar-refractivity contribution in [1.82, 2.24) is 14.7 Å². The Kier molecular flexibility index (Phi) is 8.46. The van der Waals surface area contributed by atoms with Crippen LogP contribution in [0.2, 0.25) is 0 Å². The van der Waals surface area contributed by atoms with Crippen LogP contribution in [0.1, 0.15) is 60.0 Å². The van der Waals surface area contributed by atoms with Crippen LogP contribution < -0.4 is 0 Å². The van der Waals surface area contributed by atoms with Crippen molar-refractivity contribution in [1.29, 1.82) is 0 Å². The summed E-state index contributed by atoms with van der Waals surface area (Å²) in [5.41, 5.74) is -1.78. The Bertz CT molecular complexity index is 1270. The SMILES string of the molecule is CC(=O)N1CC(N2CC[C@H](C(=O)N(C)[C@H](C)c3cc(C(F)(F)F)cc(C(F)(F)F)c3)[C@@H](c3ccc(F)cc3C)C2)C1. The Morgan fingerprint density at radius 2 is 1.54 bits per heavy atom. The first-order valence-electron chi connectivity index (χ1n) is 13.3. The summed E-state index contributed by atoms with van der Waals surface area (Å²) in [4.78, 5) is 30.6. The van der Waals surface area contributed by atoms with Gasteiger partial charge in [-0.25, -0.2) is 4.39 Å². The van der Waals surface area contributed by atoms with Crippen molar-refractivity contribution in [2.24, 2.45) is 5.92 Å². The summed E-state index contributed by atoms with van der Waals surface area (Å²) in [6, 6.07) is 4.65. The number of benzene rings is 2. The lowest BCUT2D eigenvalue weighted by molar-refractivity contribution is -0.143. The van der Waals surface area contributed by atoms with Gasteiger partial charge in [0, 0.05) is 51.5 Å². The number of halogens is 7. The number of aryl methyl sites for hydroxylation is 1. The number of hydrogen-bond donors (Lipinski definition) is 0. The van der Waals surface area contributed by atoms with E-state index in [9.17, 15) is 40.3 Å². The van der Waals surface area contributed by atoms with Crippen molar-refractivity contribution < 1.29 is 40.3 Å². The standard InChI is InChI=1S/C29H32F7N3O2/c1-16-9-22(30)5-6-24(16)26-15-38(23-13-39(14-23)18(3)40)8-7-25(26)27(41)37(4)17(2)19-10-20(28(31,32)33)12-21(11-19)29(34,35)36/h5-6,9-12,17,23,25-26H,7-8,13-15H2,1-4H3/t17-,25+,26-/m1/s1. The van der Waals surface area contributed by atoms with Gasteiger partial charge in [-0.05, 0) is 73.8 Å². The Labute approximate surface area is 233 Å². The van der Waals surface area contributed by atoms with Crippen LogP contribution in [0.4, 0.5) is 30.7 Å². The molecule has 0 bridgehead atoms. The first-order valence-corrected chi connectivity index (χ1v) is 13.3. The monoisotopic (exact) mass is 587 g/mol. The van der Waals surface area contributed by atoms with E-state index >= 15 is 0 Å². The molecule has 0 spiro atoms. The molecule has 2 aromatic carbocycles. The first-order chi connectivity index (χ1) is 19.0. The molecule has 4 rings (SSSR count). The molecule has 224 valence electrons. The molecule has 0 radical (unpaired) electrons. The van der Waals surface area contributed by atoms with Crippen molar-refractivity contribution in [3.8, 4) is 0 Å². The predicted octanol–water partition coefficient (Wildman–Crippen LogP) is 6.03. The molecule has 2 aliphatic heterocycles. The highest BCUT2D eigenvalue weighted by Crippen LogP contribution is 2.41. The van der Waals surface area contributed by atoms with Gasteiger partial charge in [0.05, 0.1) is 17.2 Å².